The Kier molecular flexibility index (Phi) is 3.28. The molecule has 0 atom stereocenters. The standard InChI is InChI=1S/C10H9F2N3O2S/c11-10(12)18(16,17)15-8-3-1-2-7(6-8)9-4-5-13-14-9/h1-6,10,15H,(H,13,14). The van der Waals surface area contributed by atoms with Crippen molar-refractivity contribution in [2.24, 2.45) is 0 Å². The van der Waals surface area contributed by atoms with Gasteiger partial charge in [-0.1, -0.05) is 12.1 Å². The molecule has 8 heteroatoms. The van der Waals surface area contributed by atoms with Gasteiger partial charge in [-0.05, 0) is 18.2 Å². The van der Waals surface area contributed by atoms with E-state index in [0.29, 0.717) is 11.3 Å². The molecular formula is C10H9F2N3O2S. The molecule has 0 saturated heterocycles. The number of hydrogen-bond donors (Lipinski definition) is 2. The van der Waals surface area contributed by atoms with E-state index in [0.717, 1.165) is 0 Å². The second kappa shape index (κ2) is 4.73. The molecule has 1 heterocycles. The summed E-state index contributed by atoms with van der Waals surface area (Å²) in [7, 11) is -4.65. The molecule has 0 aliphatic rings. The SMILES string of the molecule is O=S(=O)(Nc1cccc(-c2ccn[nH]2)c1)C(F)F. The molecule has 2 rings (SSSR count). The predicted octanol–water partition coefficient (Wildman–Crippen LogP) is 2.04. The van der Waals surface area contributed by atoms with Crippen LogP contribution in [0.15, 0.2) is 36.5 Å². The smallest absolute Gasteiger partial charge is 0.279 e. The average Bonchev–Trinajstić information content (AvgIpc) is 2.82. The number of aromatic nitrogens is 2. The quantitative estimate of drug-likeness (QED) is 0.895. The molecule has 5 nitrogen and oxygen atoms in total. The van der Waals surface area contributed by atoms with Gasteiger partial charge in [-0.15, -0.1) is 0 Å². The number of rotatable bonds is 4. The maximum absolute atomic E-state index is 12.2. The van der Waals surface area contributed by atoms with E-state index in [1.165, 1.54) is 18.3 Å². The van der Waals surface area contributed by atoms with Crippen molar-refractivity contribution in [2.75, 3.05) is 4.72 Å². The summed E-state index contributed by atoms with van der Waals surface area (Å²) in [4.78, 5) is 0. The van der Waals surface area contributed by atoms with Crippen molar-refractivity contribution in [3.8, 4) is 11.3 Å². The first-order valence-corrected chi connectivity index (χ1v) is 6.43. The first kappa shape index (κ1) is 12.5. The lowest BCUT2D eigenvalue weighted by atomic mass is 10.1. The third-order valence-corrected chi connectivity index (χ3v) is 3.16. The number of halogens is 2. The van der Waals surface area contributed by atoms with Crippen LogP contribution in [-0.4, -0.2) is 24.4 Å². The third kappa shape index (κ3) is 2.65. The highest BCUT2D eigenvalue weighted by molar-refractivity contribution is 7.93. The van der Waals surface area contributed by atoms with Gasteiger partial charge in [-0.2, -0.15) is 13.9 Å². The molecule has 0 unspecified atom stereocenters. The summed E-state index contributed by atoms with van der Waals surface area (Å²) in [6.07, 6.45) is 1.53. The van der Waals surface area contributed by atoms with Gasteiger partial charge >= 0.3 is 5.76 Å². The van der Waals surface area contributed by atoms with E-state index in [-0.39, 0.29) is 5.69 Å². The maximum Gasteiger partial charge on any atom is 0.355 e. The number of nitrogens with zero attached hydrogens (tertiary/aromatic N) is 1. The highest BCUT2D eigenvalue weighted by atomic mass is 32.2. The van der Waals surface area contributed by atoms with E-state index in [9.17, 15) is 17.2 Å². The molecule has 96 valence electrons. The number of alkyl halides is 2. The summed E-state index contributed by atoms with van der Waals surface area (Å²) >= 11 is 0. The molecule has 0 spiro atoms. The lowest BCUT2D eigenvalue weighted by Gasteiger charge is -2.07. The average molecular weight is 273 g/mol. The lowest BCUT2D eigenvalue weighted by Crippen LogP contribution is -2.20. The van der Waals surface area contributed by atoms with Crippen molar-refractivity contribution < 1.29 is 17.2 Å². The van der Waals surface area contributed by atoms with Crippen molar-refractivity contribution in [1.29, 1.82) is 0 Å². The van der Waals surface area contributed by atoms with Crippen molar-refractivity contribution in [3.05, 3.63) is 36.5 Å². The first-order valence-electron chi connectivity index (χ1n) is 4.88. The summed E-state index contributed by atoms with van der Waals surface area (Å²) in [6.45, 7) is 0. The number of nitrogens with one attached hydrogen (secondary N) is 2. The molecule has 18 heavy (non-hydrogen) atoms. The number of aromatic amines is 1. The molecule has 1 aromatic heterocycles. The summed E-state index contributed by atoms with van der Waals surface area (Å²) in [5.41, 5.74) is 1.37. The van der Waals surface area contributed by atoms with Crippen molar-refractivity contribution in [1.82, 2.24) is 10.2 Å². The van der Waals surface area contributed by atoms with Crippen LogP contribution in [0, 0.1) is 0 Å². The zero-order valence-corrected chi connectivity index (χ0v) is 9.79. The van der Waals surface area contributed by atoms with Crippen LogP contribution in [-0.2, 0) is 10.0 Å². The Morgan fingerprint density at radius 1 is 1.28 bits per heavy atom. The van der Waals surface area contributed by atoms with Crippen LogP contribution in [0.2, 0.25) is 0 Å². The molecule has 0 fully saturated rings. The van der Waals surface area contributed by atoms with Crippen LogP contribution >= 0.6 is 0 Å². The van der Waals surface area contributed by atoms with E-state index in [2.05, 4.69) is 10.2 Å². The summed E-state index contributed by atoms with van der Waals surface area (Å²) in [6, 6.07) is 7.77. The summed E-state index contributed by atoms with van der Waals surface area (Å²) in [5.74, 6) is -3.46. The number of H-pyrrole nitrogens is 1. The van der Waals surface area contributed by atoms with E-state index in [1.54, 1.807) is 18.2 Å². The first-order chi connectivity index (χ1) is 8.49. The fraction of sp³-hybridized carbons (Fsp3) is 0.100. The van der Waals surface area contributed by atoms with Gasteiger partial charge in [0.05, 0.1) is 5.69 Å². The Hall–Kier alpha value is -1.96. The Balaban J connectivity index is 2.29. The van der Waals surface area contributed by atoms with Gasteiger partial charge in [0.25, 0.3) is 10.0 Å². The van der Waals surface area contributed by atoms with Crippen LogP contribution in [0.25, 0.3) is 11.3 Å². The minimum atomic E-state index is -4.65. The van der Waals surface area contributed by atoms with E-state index in [1.807, 2.05) is 4.72 Å². The van der Waals surface area contributed by atoms with Gasteiger partial charge in [0, 0.05) is 17.4 Å². The summed E-state index contributed by atoms with van der Waals surface area (Å²) in [5, 5.41) is 6.44. The topological polar surface area (TPSA) is 74.8 Å². The number of sulfonamides is 1. The van der Waals surface area contributed by atoms with Gasteiger partial charge in [0.15, 0.2) is 0 Å². The van der Waals surface area contributed by atoms with Crippen LogP contribution < -0.4 is 4.72 Å². The molecular weight excluding hydrogens is 264 g/mol. The molecule has 2 N–H and O–H groups in total. The minimum absolute atomic E-state index is 0.0717. The minimum Gasteiger partial charge on any atom is -0.279 e. The van der Waals surface area contributed by atoms with Gasteiger partial charge in [0.1, 0.15) is 0 Å². The molecule has 0 aliphatic heterocycles. The van der Waals surface area contributed by atoms with Gasteiger partial charge in [-0.3, -0.25) is 9.82 Å². The largest absolute Gasteiger partial charge is 0.355 e. The van der Waals surface area contributed by atoms with Gasteiger partial charge in [-0.25, -0.2) is 8.42 Å². The zero-order valence-electron chi connectivity index (χ0n) is 8.97. The number of hydrogen-bond acceptors (Lipinski definition) is 3. The van der Waals surface area contributed by atoms with Crippen LogP contribution in [0.5, 0.6) is 0 Å². The van der Waals surface area contributed by atoms with Gasteiger partial charge in [0.2, 0.25) is 0 Å². The lowest BCUT2D eigenvalue weighted by molar-refractivity contribution is 0.236. The predicted molar refractivity (Wildman–Crippen MR) is 62.6 cm³/mol. The van der Waals surface area contributed by atoms with Crippen LogP contribution in [0.3, 0.4) is 0 Å². The summed E-state index contributed by atoms with van der Waals surface area (Å²) < 4.78 is 48.3. The fourth-order valence-electron chi connectivity index (χ4n) is 1.38. The molecule has 2 aromatic rings. The number of anilines is 1. The van der Waals surface area contributed by atoms with E-state index < -0.39 is 15.8 Å². The van der Waals surface area contributed by atoms with Crippen LogP contribution in [0.1, 0.15) is 0 Å². The van der Waals surface area contributed by atoms with Gasteiger partial charge < -0.3 is 0 Å². The molecule has 0 amide bonds. The molecule has 0 bridgehead atoms. The Morgan fingerprint density at radius 3 is 2.67 bits per heavy atom. The normalized spacial score (nSPS) is 11.7. The highest BCUT2D eigenvalue weighted by Gasteiger charge is 2.23. The monoisotopic (exact) mass is 273 g/mol. The van der Waals surface area contributed by atoms with Crippen molar-refractivity contribution in [3.63, 3.8) is 0 Å². The molecule has 0 saturated carbocycles. The third-order valence-electron chi connectivity index (χ3n) is 2.17. The highest BCUT2D eigenvalue weighted by Crippen LogP contribution is 2.21. The Labute approximate surface area is 102 Å². The van der Waals surface area contributed by atoms with E-state index in [4.69, 9.17) is 0 Å². The number of benzene rings is 1. The second-order valence-electron chi connectivity index (χ2n) is 3.46. The van der Waals surface area contributed by atoms with Crippen molar-refractivity contribution in [2.45, 2.75) is 5.76 Å². The second-order valence-corrected chi connectivity index (χ2v) is 5.11. The fourth-order valence-corrected chi connectivity index (χ4v) is 1.92. The Bertz CT molecular complexity index is 626. The molecule has 0 aliphatic carbocycles. The Morgan fingerprint density at radius 2 is 2.06 bits per heavy atom. The zero-order chi connectivity index (χ0) is 13.2. The van der Waals surface area contributed by atoms with Crippen LogP contribution in [0.4, 0.5) is 14.5 Å². The van der Waals surface area contributed by atoms with Crippen molar-refractivity contribution >= 4 is 15.7 Å². The molecule has 0 radical (unpaired) electrons. The van der Waals surface area contributed by atoms with E-state index >= 15 is 0 Å². The maximum atomic E-state index is 12.2. The molecule has 1 aromatic carbocycles.